The van der Waals surface area contributed by atoms with Crippen LogP contribution in [0.2, 0.25) is 0 Å². The lowest BCUT2D eigenvalue weighted by molar-refractivity contribution is -0.114. The Morgan fingerprint density at radius 2 is 1.85 bits per heavy atom. The highest BCUT2D eigenvalue weighted by Gasteiger charge is 2.20. The van der Waals surface area contributed by atoms with E-state index in [1.807, 2.05) is 61.2 Å². The van der Waals surface area contributed by atoms with Gasteiger partial charge in [0.15, 0.2) is 11.5 Å². The summed E-state index contributed by atoms with van der Waals surface area (Å²) in [7, 11) is 0. The zero-order chi connectivity index (χ0) is 18.4. The quantitative estimate of drug-likeness (QED) is 0.721. The van der Waals surface area contributed by atoms with Crippen molar-refractivity contribution in [3.8, 4) is 11.5 Å². The number of para-hydroxylation sites is 1. The average Bonchev–Trinajstić information content (AvgIpc) is 2.67. The monoisotopic (exact) mass is 351 g/mol. The summed E-state index contributed by atoms with van der Waals surface area (Å²) in [4.78, 5) is 14.6. The van der Waals surface area contributed by atoms with Gasteiger partial charge in [-0.05, 0) is 62.1 Å². The van der Waals surface area contributed by atoms with Crippen molar-refractivity contribution in [1.29, 1.82) is 0 Å². The summed E-state index contributed by atoms with van der Waals surface area (Å²) in [6, 6.07) is 13.8. The fourth-order valence-corrected chi connectivity index (χ4v) is 3.19. The van der Waals surface area contributed by atoms with Crippen molar-refractivity contribution in [1.82, 2.24) is 0 Å². The number of ether oxygens (including phenoxy) is 2. The van der Waals surface area contributed by atoms with Crippen LogP contribution in [0.25, 0.3) is 6.08 Å². The second-order valence-electron chi connectivity index (χ2n) is 6.13. The zero-order valence-corrected chi connectivity index (χ0v) is 15.4. The Balaban J connectivity index is 1.77. The smallest absolute Gasteiger partial charge is 0.250 e. The van der Waals surface area contributed by atoms with Crippen molar-refractivity contribution >= 4 is 17.7 Å². The number of carbonyl (C=O) groups is 1. The Hall–Kier alpha value is -2.75. The Morgan fingerprint density at radius 1 is 1.08 bits per heavy atom. The largest absolute Gasteiger partial charge is 0.490 e. The first-order valence-electron chi connectivity index (χ1n) is 9.20. The molecular weight excluding hydrogens is 326 g/mol. The van der Waals surface area contributed by atoms with Crippen molar-refractivity contribution in [2.45, 2.75) is 26.7 Å². The highest BCUT2D eigenvalue weighted by Crippen LogP contribution is 2.30. The summed E-state index contributed by atoms with van der Waals surface area (Å²) in [6.45, 7) is 5.79. The summed E-state index contributed by atoms with van der Waals surface area (Å²) < 4.78 is 11.2. The third kappa shape index (κ3) is 4.07. The lowest BCUT2D eigenvalue weighted by Gasteiger charge is -2.28. The third-order valence-electron chi connectivity index (χ3n) is 4.36. The van der Waals surface area contributed by atoms with E-state index in [4.69, 9.17) is 9.47 Å². The molecule has 0 atom stereocenters. The molecule has 0 fully saturated rings. The predicted octanol–water partition coefficient (Wildman–Crippen LogP) is 4.48. The van der Waals surface area contributed by atoms with Crippen LogP contribution < -0.4 is 14.4 Å². The lowest BCUT2D eigenvalue weighted by atomic mass is 10.0. The molecule has 136 valence electrons. The van der Waals surface area contributed by atoms with Gasteiger partial charge >= 0.3 is 0 Å². The summed E-state index contributed by atoms with van der Waals surface area (Å²) >= 11 is 0. The molecule has 4 heteroatoms. The predicted molar refractivity (Wildman–Crippen MR) is 105 cm³/mol. The Kier molecular flexibility index (Phi) is 5.95. The van der Waals surface area contributed by atoms with Crippen LogP contribution in [-0.4, -0.2) is 25.7 Å². The molecule has 1 heterocycles. The lowest BCUT2D eigenvalue weighted by Crippen LogP contribution is -2.34. The van der Waals surface area contributed by atoms with Crippen LogP contribution in [0.4, 0.5) is 5.69 Å². The molecule has 0 saturated heterocycles. The summed E-state index contributed by atoms with van der Waals surface area (Å²) in [5.74, 6) is 1.43. The highest BCUT2D eigenvalue weighted by atomic mass is 16.5. The van der Waals surface area contributed by atoms with Gasteiger partial charge in [0, 0.05) is 18.3 Å². The van der Waals surface area contributed by atoms with E-state index in [1.165, 1.54) is 5.56 Å². The molecule has 3 rings (SSSR count). The number of benzene rings is 2. The van der Waals surface area contributed by atoms with Gasteiger partial charge in [0.25, 0.3) is 5.91 Å². The molecule has 2 aromatic carbocycles. The molecule has 0 radical (unpaired) electrons. The normalized spacial score (nSPS) is 13.5. The Morgan fingerprint density at radius 3 is 2.65 bits per heavy atom. The molecule has 1 amide bonds. The summed E-state index contributed by atoms with van der Waals surface area (Å²) in [5.41, 5.74) is 3.17. The molecule has 0 N–H and O–H groups in total. The number of nitrogens with zero attached hydrogens (tertiary/aromatic N) is 1. The molecule has 0 aromatic heterocycles. The van der Waals surface area contributed by atoms with Crippen molar-refractivity contribution in [2.75, 3.05) is 24.7 Å². The van der Waals surface area contributed by atoms with Gasteiger partial charge in [-0.1, -0.05) is 24.3 Å². The third-order valence-corrected chi connectivity index (χ3v) is 4.36. The van der Waals surface area contributed by atoms with Crippen molar-refractivity contribution < 1.29 is 14.3 Å². The first-order valence-corrected chi connectivity index (χ1v) is 9.20. The molecule has 2 aromatic rings. The van der Waals surface area contributed by atoms with Gasteiger partial charge in [-0.3, -0.25) is 4.79 Å². The summed E-state index contributed by atoms with van der Waals surface area (Å²) in [6.07, 6.45) is 5.49. The van der Waals surface area contributed by atoms with E-state index in [9.17, 15) is 4.79 Å². The number of rotatable bonds is 6. The van der Waals surface area contributed by atoms with Crippen LogP contribution in [0.1, 0.15) is 31.4 Å². The minimum atomic E-state index is 0.00370. The van der Waals surface area contributed by atoms with Crippen LogP contribution in [0.15, 0.2) is 48.5 Å². The molecule has 0 bridgehead atoms. The van der Waals surface area contributed by atoms with E-state index in [1.54, 1.807) is 6.08 Å². The number of carbonyl (C=O) groups excluding carboxylic acids is 1. The van der Waals surface area contributed by atoms with Crippen molar-refractivity contribution in [3.63, 3.8) is 0 Å². The SMILES string of the molecule is CCOc1ccc(/C=C/C(=O)N2CCCc3ccccc32)cc1OCC. The molecule has 0 spiro atoms. The molecular formula is C22H25NO3. The average molecular weight is 351 g/mol. The van der Waals surface area contributed by atoms with Gasteiger partial charge in [0.1, 0.15) is 0 Å². The van der Waals surface area contributed by atoms with E-state index in [0.29, 0.717) is 19.0 Å². The van der Waals surface area contributed by atoms with E-state index >= 15 is 0 Å². The highest BCUT2D eigenvalue weighted by molar-refractivity contribution is 6.04. The van der Waals surface area contributed by atoms with Crippen LogP contribution in [0, 0.1) is 0 Å². The van der Waals surface area contributed by atoms with E-state index in [0.717, 1.165) is 36.4 Å². The van der Waals surface area contributed by atoms with Gasteiger partial charge in [-0.2, -0.15) is 0 Å². The topological polar surface area (TPSA) is 38.8 Å². The van der Waals surface area contributed by atoms with Gasteiger partial charge in [0.2, 0.25) is 0 Å². The molecule has 0 aliphatic carbocycles. The second kappa shape index (κ2) is 8.56. The van der Waals surface area contributed by atoms with Gasteiger partial charge in [-0.15, -0.1) is 0 Å². The number of hydrogen-bond donors (Lipinski definition) is 0. The van der Waals surface area contributed by atoms with Gasteiger partial charge in [-0.25, -0.2) is 0 Å². The van der Waals surface area contributed by atoms with Crippen molar-refractivity contribution in [3.05, 3.63) is 59.7 Å². The maximum atomic E-state index is 12.7. The van der Waals surface area contributed by atoms with Gasteiger partial charge in [0.05, 0.1) is 13.2 Å². The Bertz CT molecular complexity index is 798. The number of aryl methyl sites for hydroxylation is 1. The van der Waals surface area contributed by atoms with E-state index in [-0.39, 0.29) is 5.91 Å². The molecule has 26 heavy (non-hydrogen) atoms. The maximum Gasteiger partial charge on any atom is 0.250 e. The van der Waals surface area contributed by atoms with Crippen LogP contribution in [0.3, 0.4) is 0 Å². The van der Waals surface area contributed by atoms with Gasteiger partial charge < -0.3 is 14.4 Å². The second-order valence-corrected chi connectivity index (χ2v) is 6.13. The minimum absolute atomic E-state index is 0.00370. The fraction of sp³-hybridized carbons (Fsp3) is 0.318. The standard InChI is InChI=1S/C22H25NO3/c1-3-25-20-13-11-17(16-21(20)26-4-2)12-14-22(24)23-15-7-9-18-8-5-6-10-19(18)23/h5-6,8,10-14,16H,3-4,7,9,15H2,1-2H3/b14-12+. The van der Waals surface area contributed by atoms with Crippen LogP contribution >= 0.6 is 0 Å². The summed E-state index contributed by atoms with van der Waals surface area (Å²) in [5, 5.41) is 0. The minimum Gasteiger partial charge on any atom is -0.490 e. The molecule has 0 saturated carbocycles. The Labute approximate surface area is 155 Å². The first-order chi connectivity index (χ1) is 12.7. The number of anilines is 1. The number of amides is 1. The fourth-order valence-electron chi connectivity index (χ4n) is 3.19. The maximum absolute atomic E-state index is 12.7. The number of hydrogen-bond acceptors (Lipinski definition) is 3. The number of fused-ring (bicyclic) bond motifs is 1. The van der Waals surface area contributed by atoms with E-state index < -0.39 is 0 Å². The van der Waals surface area contributed by atoms with Crippen LogP contribution in [0.5, 0.6) is 11.5 Å². The molecule has 1 aliphatic heterocycles. The first kappa shape index (κ1) is 18.1. The van der Waals surface area contributed by atoms with Crippen molar-refractivity contribution in [2.24, 2.45) is 0 Å². The van der Waals surface area contributed by atoms with E-state index in [2.05, 4.69) is 6.07 Å². The molecule has 4 nitrogen and oxygen atoms in total. The molecule has 1 aliphatic rings. The van der Waals surface area contributed by atoms with Crippen LogP contribution in [-0.2, 0) is 11.2 Å². The zero-order valence-electron chi connectivity index (χ0n) is 15.4. The molecule has 0 unspecified atom stereocenters.